The monoisotopic (exact) mass is 417 g/mol. The molecule has 0 unspecified atom stereocenters. The maximum absolute atomic E-state index is 6.28. The second-order valence-corrected chi connectivity index (χ2v) is 7.33. The van der Waals surface area contributed by atoms with Gasteiger partial charge in [-0.05, 0) is 48.6 Å². The Bertz CT molecular complexity index is 1330. The number of fused-ring (bicyclic) bond motifs is 5. The molecule has 0 saturated heterocycles. The van der Waals surface area contributed by atoms with Gasteiger partial charge >= 0.3 is 0 Å². The van der Waals surface area contributed by atoms with Crippen LogP contribution in [-0.4, -0.2) is 41.6 Å². The molecule has 0 atom stereocenters. The van der Waals surface area contributed by atoms with Gasteiger partial charge in [0.05, 0.1) is 24.1 Å². The number of hydrogen-bond donors (Lipinski definition) is 0. The number of nitrogens with zero attached hydrogens (tertiary/aromatic N) is 7. The number of ether oxygens (including phenoxy) is 1. The van der Waals surface area contributed by atoms with Crippen molar-refractivity contribution in [3.63, 3.8) is 0 Å². The standard InChI is InChI=1S/C21H16ClN7O/c1-13-7-15(25-24-9-13)4-5-17-19-10-28-20(11-30-2)26-27-21(28)16-8-14(22)3-6-18(16)29(19)12-23-17/h3,6-9,12H,10-11H2,1-2H3. The second-order valence-electron chi connectivity index (χ2n) is 6.90. The van der Waals surface area contributed by atoms with Crippen LogP contribution in [0.15, 0.2) is 36.8 Å². The van der Waals surface area contributed by atoms with Crippen molar-refractivity contribution in [3.8, 4) is 28.9 Å². The summed E-state index contributed by atoms with van der Waals surface area (Å²) in [5.41, 5.74) is 4.97. The average Bonchev–Trinajstić information content (AvgIpc) is 3.28. The van der Waals surface area contributed by atoms with Gasteiger partial charge in [0.15, 0.2) is 11.6 Å². The lowest BCUT2D eigenvalue weighted by atomic mass is 10.1. The van der Waals surface area contributed by atoms with Gasteiger partial charge in [0.25, 0.3) is 0 Å². The lowest BCUT2D eigenvalue weighted by Gasteiger charge is -2.08. The molecular weight excluding hydrogens is 402 g/mol. The normalized spacial score (nSPS) is 11.7. The molecule has 1 aliphatic heterocycles. The molecule has 0 radical (unpaired) electrons. The van der Waals surface area contributed by atoms with Gasteiger partial charge in [0.2, 0.25) is 0 Å². The first-order chi connectivity index (χ1) is 14.6. The number of benzene rings is 1. The molecule has 0 amide bonds. The van der Waals surface area contributed by atoms with Crippen LogP contribution in [-0.2, 0) is 17.9 Å². The highest BCUT2D eigenvalue weighted by molar-refractivity contribution is 6.31. The van der Waals surface area contributed by atoms with E-state index in [1.54, 1.807) is 19.6 Å². The fourth-order valence-corrected chi connectivity index (χ4v) is 3.64. The van der Waals surface area contributed by atoms with Crippen LogP contribution in [0.3, 0.4) is 0 Å². The van der Waals surface area contributed by atoms with Crippen LogP contribution in [0.4, 0.5) is 0 Å². The minimum Gasteiger partial charge on any atom is -0.377 e. The van der Waals surface area contributed by atoms with Gasteiger partial charge in [0.1, 0.15) is 24.3 Å². The maximum atomic E-state index is 6.28. The molecule has 148 valence electrons. The number of rotatable bonds is 2. The first kappa shape index (κ1) is 18.5. The minimum absolute atomic E-state index is 0.344. The van der Waals surface area contributed by atoms with Crippen LogP contribution in [0, 0.1) is 18.8 Å². The molecule has 9 heteroatoms. The molecule has 1 aromatic carbocycles. The summed E-state index contributed by atoms with van der Waals surface area (Å²) in [6.07, 6.45) is 3.46. The van der Waals surface area contributed by atoms with Crippen LogP contribution in [0.1, 0.15) is 28.5 Å². The highest BCUT2D eigenvalue weighted by Crippen LogP contribution is 2.34. The molecule has 4 heterocycles. The zero-order valence-electron chi connectivity index (χ0n) is 16.3. The molecule has 0 bridgehead atoms. The number of aryl methyl sites for hydroxylation is 1. The number of hydrogen-bond acceptors (Lipinski definition) is 6. The second kappa shape index (κ2) is 7.37. The molecule has 0 saturated carbocycles. The van der Waals surface area contributed by atoms with Crippen LogP contribution in [0.2, 0.25) is 5.02 Å². The molecule has 1 aliphatic rings. The Morgan fingerprint density at radius 2 is 2.07 bits per heavy atom. The average molecular weight is 418 g/mol. The number of methoxy groups -OCH3 is 1. The predicted octanol–water partition coefficient (Wildman–Crippen LogP) is 2.79. The van der Waals surface area contributed by atoms with E-state index in [1.807, 2.05) is 40.3 Å². The highest BCUT2D eigenvalue weighted by atomic mass is 35.5. The van der Waals surface area contributed by atoms with Gasteiger partial charge in [-0.15, -0.1) is 15.3 Å². The van der Waals surface area contributed by atoms with E-state index in [4.69, 9.17) is 16.3 Å². The molecular formula is C21H16ClN7O. The molecule has 0 N–H and O–H groups in total. The molecule has 0 spiro atoms. The van der Waals surface area contributed by atoms with E-state index in [1.165, 1.54) is 0 Å². The molecule has 3 aromatic heterocycles. The van der Waals surface area contributed by atoms with Gasteiger partial charge in [-0.2, -0.15) is 5.10 Å². The van der Waals surface area contributed by atoms with Gasteiger partial charge in [-0.3, -0.25) is 4.57 Å². The summed E-state index contributed by atoms with van der Waals surface area (Å²) in [6.45, 7) is 2.79. The van der Waals surface area contributed by atoms with Crippen LogP contribution < -0.4 is 0 Å². The fraction of sp³-hybridized carbons (Fsp3) is 0.190. The Hall–Kier alpha value is -3.54. The Balaban J connectivity index is 1.68. The SMILES string of the molecule is COCc1nnc2n1Cc1c(C#Cc3cc(C)cnn3)ncn1-c1ccc(Cl)cc1-2. The number of halogens is 1. The largest absolute Gasteiger partial charge is 0.377 e. The van der Waals surface area contributed by atoms with E-state index in [2.05, 4.69) is 37.2 Å². The molecule has 30 heavy (non-hydrogen) atoms. The van der Waals surface area contributed by atoms with E-state index in [0.29, 0.717) is 29.6 Å². The summed E-state index contributed by atoms with van der Waals surface area (Å²) in [7, 11) is 1.63. The number of aromatic nitrogens is 7. The first-order valence-electron chi connectivity index (χ1n) is 9.23. The van der Waals surface area contributed by atoms with Gasteiger partial charge in [-0.1, -0.05) is 11.6 Å². The fourth-order valence-electron chi connectivity index (χ4n) is 3.47. The van der Waals surface area contributed by atoms with Crippen molar-refractivity contribution in [1.29, 1.82) is 0 Å². The highest BCUT2D eigenvalue weighted by Gasteiger charge is 2.25. The van der Waals surface area contributed by atoms with Crippen molar-refractivity contribution in [2.75, 3.05) is 7.11 Å². The quantitative estimate of drug-likeness (QED) is 0.411. The van der Waals surface area contributed by atoms with E-state index in [-0.39, 0.29) is 0 Å². The maximum Gasteiger partial charge on any atom is 0.166 e. The van der Waals surface area contributed by atoms with E-state index in [9.17, 15) is 0 Å². The Labute approximate surface area is 177 Å². The topological polar surface area (TPSA) is 83.5 Å². The molecule has 5 rings (SSSR count). The summed E-state index contributed by atoms with van der Waals surface area (Å²) in [6, 6.07) is 7.57. The summed E-state index contributed by atoms with van der Waals surface area (Å²) in [5.74, 6) is 7.66. The molecule has 0 fully saturated rings. The Kier molecular flexibility index (Phi) is 4.54. The van der Waals surface area contributed by atoms with E-state index in [0.717, 1.165) is 34.2 Å². The third kappa shape index (κ3) is 3.14. The minimum atomic E-state index is 0.344. The lowest BCUT2D eigenvalue weighted by molar-refractivity contribution is 0.174. The summed E-state index contributed by atoms with van der Waals surface area (Å²) in [4.78, 5) is 4.55. The number of imidazole rings is 1. The third-order valence-electron chi connectivity index (χ3n) is 4.83. The first-order valence-corrected chi connectivity index (χ1v) is 9.60. The molecule has 4 aromatic rings. The third-order valence-corrected chi connectivity index (χ3v) is 5.07. The predicted molar refractivity (Wildman–Crippen MR) is 110 cm³/mol. The Morgan fingerprint density at radius 1 is 1.17 bits per heavy atom. The summed E-state index contributed by atoms with van der Waals surface area (Å²) >= 11 is 6.28. The van der Waals surface area contributed by atoms with E-state index >= 15 is 0 Å². The van der Waals surface area contributed by atoms with Crippen molar-refractivity contribution in [1.82, 2.24) is 34.5 Å². The van der Waals surface area contributed by atoms with Crippen molar-refractivity contribution in [3.05, 3.63) is 70.3 Å². The van der Waals surface area contributed by atoms with Crippen LogP contribution in [0.5, 0.6) is 0 Å². The van der Waals surface area contributed by atoms with Crippen molar-refractivity contribution >= 4 is 11.6 Å². The van der Waals surface area contributed by atoms with Gasteiger partial charge in [-0.25, -0.2) is 4.98 Å². The smallest absolute Gasteiger partial charge is 0.166 e. The summed E-state index contributed by atoms with van der Waals surface area (Å²) in [5, 5.41) is 17.4. The zero-order valence-corrected chi connectivity index (χ0v) is 17.1. The van der Waals surface area contributed by atoms with Gasteiger partial charge < -0.3 is 9.30 Å². The molecule has 0 aliphatic carbocycles. The van der Waals surface area contributed by atoms with Crippen LogP contribution >= 0.6 is 11.6 Å². The summed E-state index contributed by atoms with van der Waals surface area (Å²) < 4.78 is 9.33. The zero-order chi connectivity index (χ0) is 20.7. The van der Waals surface area contributed by atoms with Gasteiger partial charge in [0, 0.05) is 17.7 Å². The molecule has 8 nitrogen and oxygen atoms in total. The van der Waals surface area contributed by atoms with Crippen molar-refractivity contribution < 1.29 is 4.74 Å². The lowest BCUT2D eigenvalue weighted by Crippen LogP contribution is -2.09. The van der Waals surface area contributed by atoms with E-state index < -0.39 is 0 Å². The van der Waals surface area contributed by atoms with Crippen molar-refractivity contribution in [2.24, 2.45) is 0 Å². The Morgan fingerprint density at radius 3 is 2.90 bits per heavy atom. The van der Waals surface area contributed by atoms with Crippen LogP contribution in [0.25, 0.3) is 17.1 Å². The van der Waals surface area contributed by atoms with Crippen molar-refractivity contribution in [2.45, 2.75) is 20.1 Å².